The maximum atomic E-state index is 11.2. The lowest BCUT2D eigenvalue weighted by atomic mass is 10.1. The zero-order chi connectivity index (χ0) is 11.9. The maximum absolute atomic E-state index is 11.2. The molecule has 0 radical (unpaired) electrons. The van der Waals surface area contributed by atoms with Gasteiger partial charge in [0, 0.05) is 25.7 Å². The largest absolute Gasteiger partial charge is 0.444 e. The first kappa shape index (κ1) is 14.2. The number of hydrogen-bond donors (Lipinski definition) is 3. The first-order valence-corrected chi connectivity index (χ1v) is 5.07. The van der Waals surface area contributed by atoms with E-state index in [-0.39, 0.29) is 19.1 Å². The van der Waals surface area contributed by atoms with Crippen molar-refractivity contribution in [3.8, 4) is 0 Å². The van der Waals surface area contributed by atoms with Gasteiger partial charge in [-0.25, -0.2) is 4.79 Å². The summed E-state index contributed by atoms with van der Waals surface area (Å²) in [5, 5.41) is 20.1. The van der Waals surface area contributed by atoms with Gasteiger partial charge in [-0.3, -0.25) is 0 Å². The molecule has 5 nitrogen and oxygen atoms in total. The molecule has 0 aromatic rings. The predicted molar refractivity (Wildman–Crippen MR) is 56.5 cm³/mol. The molecule has 0 aliphatic rings. The highest BCUT2D eigenvalue weighted by atomic mass is 16.6. The Kier molecular flexibility index (Phi) is 6.27. The smallest absolute Gasteiger partial charge is 0.407 e. The first-order valence-electron chi connectivity index (χ1n) is 5.07. The molecule has 0 aliphatic carbocycles. The summed E-state index contributed by atoms with van der Waals surface area (Å²) >= 11 is 0. The zero-order valence-corrected chi connectivity index (χ0v) is 9.62. The van der Waals surface area contributed by atoms with E-state index < -0.39 is 11.7 Å². The Bertz CT molecular complexity index is 184. The second-order valence-corrected chi connectivity index (χ2v) is 4.45. The normalized spacial score (nSPS) is 11.6. The number of amides is 1. The van der Waals surface area contributed by atoms with Gasteiger partial charge in [-0.15, -0.1) is 0 Å². The highest BCUT2D eigenvalue weighted by molar-refractivity contribution is 5.67. The number of aliphatic hydroxyl groups is 2. The Balaban J connectivity index is 3.64. The van der Waals surface area contributed by atoms with Gasteiger partial charge in [0.2, 0.25) is 0 Å². The molecular formula is C10H21NO4. The summed E-state index contributed by atoms with van der Waals surface area (Å²) < 4.78 is 5.01. The van der Waals surface area contributed by atoms with Crippen LogP contribution in [0.3, 0.4) is 0 Å². The molecule has 5 heteroatoms. The molecule has 0 fully saturated rings. The van der Waals surface area contributed by atoms with Crippen LogP contribution in [0.4, 0.5) is 4.79 Å². The monoisotopic (exact) mass is 219 g/mol. The molecule has 0 atom stereocenters. The third kappa shape index (κ3) is 8.20. The van der Waals surface area contributed by atoms with E-state index in [2.05, 4.69) is 5.32 Å². The molecule has 0 spiro atoms. The van der Waals surface area contributed by atoms with Crippen LogP contribution in [0, 0.1) is 5.92 Å². The van der Waals surface area contributed by atoms with E-state index >= 15 is 0 Å². The Hall–Kier alpha value is -0.810. The number of carbonyl (C=O) groups is 1. The summed E-state index contributed by atoms with van der Waals surface area (Å²) in [5.74, 6) is -0.181. The third-order valence-corrected chi connectivity index (χ3v) is 1.74. The average Bonchev–Trinajstić information content (AvgIpc) is 2.09. The quantitative estimate of drug-likeness (QED) is 0.629. The lowest BCUT2D eigenvalue weighted by molar-refractivity contribution is 0.0517. The van der Waals surface area contributed by atoms with E-state index in [1.54, 1.807) is 20.8 Å². The first-order chi connectivity index (χ1) is 6.89. The van der Waals surface area contributed by atoms with Crippen molar-refractivity contribution in [2.75, 3.05) is 19.8 Å². The van der Waals surface area contributed by atoms with Crippen LogP contribution in [-0.4, -0.2) is 41.7 Å². The SMILES string of the molecule is CC(C)(C)OC(=O)NCCC(CO)CO. The number of hydrogen-bond acceptors (Lipinski definition) is 4. The number of carbonyl (C=O) groups excluding carboxylic acids is 1. The van der Waals surface area contributed by atoms with Crippen molar-refractivity contribution >= 4 is 6.09 Å². The average molecular weight is 219 g/mol. The number of alkyl carbamates (subject to hydrolysis) is 1. The lowest BCUT2D eigenvalue weighted by Gasteiger charge is -2.20. The minimum absolute atomic E-state index is 0.0769. The number of nitrogens with one attached hydrogen (secondary N) is 1. The number of aliphatic hydroxyl groups excluding tert-OH is 2. The summed E-state index contributed by atoms with van der Waals surface area (Å²) in [5.41, 5.74) is -0.503. The van der Waals surface area contributed by atoms with Crippen LogP contribution < -0.4 is 5.32 Å². The van der Waals surface area contributed by atoms with Crippen molar-refractivity contribution in [1.82, 2.24) is 5.32 Å². The van der Waals surface area contributed by atoms with Gasteiger partial charge in [-0.05, 0) is 27.2 Å². The summed E-state index contributed by atoms with van der Waals surface area (Å²) in [7, 11) is 0. The fraction of sp³-hybridized carbons (Fsp3) is 0.900. The van der Waals surface area contributed by atoms with Gasteiger partial charge in [0.05, 0.1) is 0 Å². The Morgan fingerprint density at radius 2 is 1.87 bits per heavy atom. The van der Waals surface area contributed by atoms with E-state index in [4.69, 9.17) is 14.9 Å². The molecule has 0 saturated heterocycles. The van der Waals surface area contributed by atoms with Gasteiger partial charge < -0.3 is 20.3 Å². The molecule has 0 saturated carbocycles. The molecule has 0 rings (SSSR count). The van der Waals surface area contributed by atoms with Crippen molar-refractivity contribution in [1.29, 1.82) is 0 Å². The van der Waals surface area contributed by atoms with E-state index in [1.807, 2.05) is 0 Å². The third-order valence-electron chi connectivity index (χ3n) is 1.74. The van der Waals surface area contributed by atoms with E-state index in [9.17, 15) is 4.79 Å². The van der Waals surface area contributed by atoms with Gasteiger partial charge in [0.25, 0.3) is 0 Å². The summed E-state index contributed by atoms with van der Waals surface area (Å²) in [6.45, 7) is 5.60. The summed E-state index contributed by atoms with van der Waals surface area (Å²) in [4.78, 5) is 11.2. The van der Waals surface area contributed by atoms with Crippen LogP contribution in [0.2, 0.25) is 0 Å². The van der Waals surface area contributed by atoms with Crippen molar-refractivity contribution in [2.24, 2.45) is 5.92 Å². The zero-order valence-electron chi connectivity index (χ0n) is 9.62. The molecular weight excluding hydrogens is 198 g/mol. The van der Waals surface area contributed by atoms with Crippen LogP contribution >= 0.6 is 0 Å². The Labute approximate surface area is 90.4 Å². The molecule has 90 valence electrons. The van der Waals surface area contributed by atoms with E-state index in [1.165, 1.54) is 0 Å². The van der Waals surface area contributed by atoms with Crippen LogP contribution in [-0.2, 0) is 4.74 Å². The molecule has 0 bridgehead atoms. The van der Waals surface area contributed by atoms with Gasteiger partial charge in [0.1, 0.15) is 5.60 Å². The molecule has 3 N–H and O–H groups in total. The number of rotatable bonds is 5. The second kappa shape index (κ2) is 6.63. The van der Waals surface area contributed by atoms with Crippen molar-refractivity contribution < 1.29 is 19.7 Å². The van der Waals surface area contributed by atoms with Crippen LogP contribution in [0.1, 0.15) is 27.2 Å². The summed E-state index contributed by atoms with van der Waals surface area (Å²) in [6, 6.07) is 0. The molecule has 0 aromatic carbocycles. The second-order valence-electron chi connectivity index (χ2n) is 4.45. The highest BCUT2D eigenvalue weighted by Crippen LogP contribution is 2.06. The highest BCUT2D eigenvalue weighted by Gasteiger charge is 2.15. The van der Waals surface area contributed by atoms with Crippen LogP contribution in [0.5, 0.6) is 0 Å². The van der Waals surface area contributed by atoms with Crippen LogP contribution in [0.25, 0.3) is 0 Å². The fourth-order valence-electron chi connectivity index (χ4n) is 0.933. The van der Waals surface area contributed by atoms with Crippen LogP contribution in [0.15, 0.2) is 0 Å². The van der Waals surface area contributed by atoms with Crippen molar-refractivity contribution in [2.45, 2.75) is 32.8 Å². The molecule has 0 heterocycles. The molecule has 0 aromatic heterocycles. The molecule has 0 unspecified atom stereocenters. The predicted octanol–water partition coefficient (Wildman–Crippen LogP) is 0.502. The molecule has 15 heavy (non-hydrogen) atoms. The summed E-state index contributed by atoms with van der Waals surface area (Å²) in [6.07, 6.45) is 0.0591. The molecule has 0 aliphatic heterocycles. The minimum Gasteiger partial charge on any atom is -0.444 e. The Morgan fingerprint density at radius 3 is 2.27 bits per heavy atom. The maximum Gasteiger partial charge on any atom is 0.407 e. The van der Waals surface area contributed by atoms with Crippen molar-refractivity contribution in [3.63, 3.8) is 0 Å². The Morgan fingerprint density at radius 1 is 1.33 bits per heavy atom. The van der Waals surface area contributed by atoms with Gasteiger partial charge in [-0.2, -0.15) is 0 Å². The van der Waals surface area contributed by atoms with E-state index in [0.29, 0.717) is 13.0 Å². The number of ether oxygens (including phenoxy) is 1. The van der Waals surface area contributed by atoms with Crippen molar-refractivity contribution in [3.05, 3.63) is 0 Å². The van der Waals surface area contributed by atoms with E-state index in [0.717, 1.165) is 0 Å². The van der Waals surface area contributed by atoms with Gasteiger partial charge >= 0.3 is 6.09 Å². The topological polar surface area (TPSA) is 78.8 Å². The minimum atomic E-state index is -0.503. The van der Waals surface area contributed by atoms with Gasteiger partial charge in [0.15, 0.2) is 0 Å². The fourth-order valence-corrected chi connectivity index (χ4v) is 0.933. The standard InChI is InChI=1S/C10H21NO4/c1-10(2,3)15-9(14)11-5-4-8(6-12)7-13/h8,12-13H,4-7H2,1-3H3,(H,11,14). The lowest BCUT2D eigenvalue weighted by Crippen LogP contribution is -2.34. The van der Waals surface area contributed by atoms with Gasteiger partial charge in [-0.1, -0.05) is 0 Å². The molecule has 1 amide bonds.